The standard InChI is InChI=1S/C17H22ClN3O3S/c1-4-23-8-9-24-16-14(18)6-5-7-15(16)20-17(22)21(3)10-13-11-25-12(2)19-13/h5-7,11H,4,8-10H2,1-3H3,(H,20,22). The van der Waals surface area contributed by atoms with E-state index < -0.39 is 0 Å². The van der Waals surface area contributed by atoms with E-state index in [2.05, 4.69) is 10.3 Å². The first-order valence-electron chi connectivity index (χ1n) is 7.93. The van der Waals surface area contributed by atoms with Gasteiger partial charge < -0.3 is 19.7 Å². The maximum absolute atomic E-state index is 12.4. The van der Waals surface area contributed by atoms with Crippen molar-refractivity contribution < 1.29 is 14.3 Å². The molecule has 0 radical (unpaired) electrons. The van der Waals surface area contributed by atoms with Crippen LogP contribution in [0.3, 0.4) is 0 Å². The summed E-state index contributed by atoms with van der Waals surface area (Å²) in [6.07, 6.45) is 0. The molecule has 0 saturated heterocycles. The van der Waals surface area contributed by atoms with Gasteiger partial charge in [-0.1, -0.05) is 17.7 Å². The summed E-state index contributed by atoms with van der Waals surface area (Å²) in [5.74, 6) is 0.440. The number of benzene rings is 1. The lowest BCUT2D eigenvalue weighted by atomic mass is 10.3. The molecule has 6 nitrogen and oxygen atoms in total. The molecule has 2 rings (SSSR count). The van der Waals surface area contributed by atoms with Crippen LogP contribution in [0.25, 0.3) is 0 Å². The third-order valence-electron chi connectivity index (χ3n) is 3.30. The van der Waals surface area contributed by atoms with Crippen molar-refractivity contribution >= 4 is 34.7 Å². The third-order valence-corrected chi connectivity index (χ3v) is 4.42. The van der Waals surface area contributed by atoms with Gasteiger partial charge in [-0.25, -0.2) is 9.78 Å². The number of para-hydroxylation sites is 1. The molecule has 2 amide bonds. The first kappa shape index (κ1) is 19.5. The summed E-state index contributed by atoms with van der Waals surface area (Å²) in [4.78, 5) is 18.4. The van der Waals surface area contributed by atoms with Gasteiger partial charge in [0.25, 0.3) is 0 Å². The normalized spacial score (nSPS) is 10.6. The molecule has 0 unspecified atom stereocenters. The summed E-state index contributed by atoms with van der Waals surface area (Å²) in [7, 11) is 1.71. The van der Waals surface area contributed by atoms with Crippen LogP contribution in [-0.2, 0) is 11.3 Å². The van der Waals surface area contributed by atoms with E-state index in [1.54, 1.807) is 41.5 Å². The van der Waals surface area contributed by atoms with Crippen LogP contribution >= 0.6 is 22.9 Å². The Morgan fingerprint density at radius 3 is 2.88 bits per heavy atom. The van der Waals surface area contributed by atoms with Gasteiger partial charge in [0.1, 0.15) is 6.61 Å². The molecular formula is C17H22ClN3O3S. The van der Waals surface area contributed by atoms with Crippen LogP contribution in [-0.4, -0.2) is 42.8 Å². The van der Waals surface area contributed by atoms with Gasteiger partial charge in [0.05, 0.1) is 34.6 Å². The Labute approximate surface area is 156 Å². The first-order chi connectivity index (χ1) is 12.0. The molecule has 0 spiro atoms. The van der Waals surface area contributed by atoms with Crippen molar-refractivity contribution in [2.24, 2.45) is 0 Å². The summed E-state index contributed by atoms with van der Waals surface area (Å²) in [6, 6.07) is 4.97. The lowest BCUT2D eigenvalue weighted by Gasteiger charge is -2.19. The zero-order valence-electron chi connectivity index (χ0n) is 14.5. The monoisotopic (exact) mass is 383 g/mol. The lowest BCUT2D eigenvalue weighted by Crippen LogP contribution is -2.31. The molecule has 0 atom stereocenters. The van der Waals surface area contributed by atoms with E-state index in [1.807, 2.05) is 19.2 Å². The molecule has 0 aliphatic carbocycles. The Morgan fingerprint density at radius 2 is 2.20 bits per heavy atom. The fourth-order valence-electron chi connectivity index (χ4n) is 2.11. The predicted octanol–water partition coefficient (Wildman–Crippen LogP) is 4.18. The van der Waals surface area contributed by atoms with E-state index in [-0.39, 0.29) is 6.03 Å². The summed E-state index contributed by atoms with van der Waals surface area (Å²) in [5, 5.41) is 6.19. The van der Waals surface area contributed by atoms with Crippen LogP contribution in [0.2, 0.25) is 5.02 Å². The van der Waals surface area contributed by atoms with Gasteiger partial charge in [0, 0.05) is 19.0 Å². The Morgan fingerprint density at radius 1 is 1.40 bits per heavy atom. The van der Waals surface area contributed by atoms with Gasteiger partial charge >= 0.3 is 6.03 Å². The lowest BCUT2D eigenvalue weighted by molar-refractivity contribution is 0.110. The summed E-state index contributed by atoms with van der Waals surface area (Å²) < 4.78 is 10.9. The van der Waals surface area contributed by atoms with Crippen LogP contribution in [0.4, 0.5) is 10.5 Å². The highest BCUT2D eigenvalue weighted by molar-refractivity contribution is 7.09. The molecule has 2 aromatic rings. The highest BCUT2D eigenvalue weighted by Gasteiger charge is 2.15. The van der Waals surface area contributed by atoms with Gasteiger partial charge in [-0.15, -0.1) is 11.3 Å². The minimum atomic E-state index is -0.262. The number of nitrogens with one attached hydrogen (secondary N) is 1. The van der Waals surface area contributed by atoms with Crippen molar-refractivity contribution in [2.75, 3.05) is 32.2 Å². The van der Waals surface area contributed by atoms with Crippen molar-refractivity contribution in [1.29, 1.82) is 0 Å². The van der Waals surface area contributed by atoms with E-state index in [4.69, 9.17) is 21.1 Å². The SMILES string of the molecule is CCOCCOc1c(Cl)cccc1NC(=O)N(C)Cc1csc(C)n1. The Bertz CT molecular complexity index is 708. The fraction of sp³-hybridized carbons (Fsp3) is 0.412. The van der Waals surface area contributed by atoms with Crippen LogP contribution < -0.4 is 10.1 Å². The van der Waals surface area contributed by atoms with Gasteiger partial charge in [-0.2, -0.15) is 0 Å². The maximum Gasteiger partial charge on any atom is 0.322 e. The molecule has 136 valence electrons. The van der Waals surface area contributed by atoms with E-state index in [1.165, 1.54) is 0 Å². The number of urea groups is 1. The second-order valence-corrected chi connectivity index (χ2v) is 6.78. The molecule has 0 aliphatic rings. The molecule has 0 fully saturated rings. The van der Waals surface area contributed by atoms with Crippen molar-refractivity contribution in [3.05, 3.63) is 39.3 Å². The van der Waals surface area contributed by atoms with Crippen LogP contribution in [0, 0.1) is 6.92 Å². The Hall–Kier alpha value is -1.83. The molecule has 1 heterocycles. The first-order valence-corrected chi connectivity index (χ1v) is 9.19. The molecule has 0 saturated carbocycles. The minimum absolute atomic E-state index is 0.262. The van der Waals surface area contributed by atoms with E-state index in [0.717, 1.165) is 10.7 Å². The number of hydrogen-bond acceptors (Lipinski definition) is 5. The number of thiazole rings is 1. The fourth-order valence-corrected chi connectivity index (χ4v) is 2.94. The number of rotatable bonds is 8. The number of halogens is 1. The predicted molar refractivity (Wildman–Crippen MR) is 101 cm³/mol. The Balaban J connectivity index is 2.00. The van der Waals surface area contributed by atoms with Gasteiger partial charge in [0.15, 0.2) is 5.75 Å². The zero-order chi connectivity index (χ0) is 18.2. The van der Waals surface area contributed by atoms with Crippen molar-refractivity contribution in [1.82, 2.24) is 9.88 Å². The number of carbonyl (C=O) groups excluding carboxylic acids is 1. The van der Waals surface area contributed by atoms with Crippen LogP contribution in [0.1, 0.15) is 17.6 Å². The average Bonchev–Trinajstić information content (AvgIpc) is 2.98. The van der Waals surface area contributed by atoms with Crippen molar-refractivity contribution in [3.63, 3.8) is 0 Å². The highest BCUT2D eigenvalue weighted by Crippen LogP contribution is 2.33. The maximum atomic E-state index is 12.4. The van der Waals surface area contributed by atoms with Crippen LogP contribution in [0.5, 0.6) is 5.75 Å². The largest absolute Gasteiger partial charge is 0.487 e. The average molecular weight is 384 g/mol. The van der Waals surface area contributed by atoms with Crippen molar-refractivity contribution in [3.8, 4) is 5.75 Å². The van der Waals surface area contributed by atoms with Gasteiger partial charge in [-0.05, 0) is 26.0 Å². The molecule has 25 heavy (non-hydrogen) atoms. The van der Waals surface area contributed by atoms with Crippen molar-refractivity contribution in [2.45, 2.75) is 20.4 Å². The topological polar surface area (TPSA) is 63.7 Å². The number of hydrogen-bond donors (Lipinski definition) is 1. The summed E-state index contributed by atoms with van der Waals surface area (Å²) in [6.45, 7) is 5.72. The highest BCUT2D eigenvalue weighted by atomic mass is 35.5. The number of carbonyl (C=O) groups is 1. The number of nitrogens with zero attached hydrogens (tertiary/aromatic N) is 2. The zero-order valence-corrected chi connectivity index (χ0v) is 16.1. The molecule has 8 heteroatoms. The molecule has 0 bridgehead atoms. The van der Waals surface area contributed by atoms with E-state index in [9.17, 15) is 4.79 Å². The second kappa shape index (κ2) is 9.60. The molecule has 0 aliphatic heterocycles. The quantitative estimate of drug-likeness (QED) is 0.694. The van der Waals surface area contributed by atoms with Gasteiger partial charge in [0.2, 0.25) is 0 Å². The number of aryl methyl sites for hydroxylation is 1. The van der Waals surface area contributed by atoms with E-state index >= 15 is 0 Å². The molecule has 1 aromatic carbocycles. The number of amides is 2. The molecular weight excluding hydrogens is 362 g/mol. The Kier molecular flexibility index (Phi) is 7.49. The molecule has 1 aromatic heterocycles. The molecule has 1 N–H and O–H groups in total. The van der Waals surface area contributed by atoms with E-state index in [0.29, 0.717) is 42.8 Å². The smallest absolute Gasteiger partial charge is 0.322 e. The summed E-state index contributed by atoms with van der Waals surface area (Å²) >= 11 is 7.76. The number of aromatic nitrogens is 1. The second-order valence-electron chi connectivity index (χ2n) is 5.31. The number of ether oxygens (including phenoxy) is 2. The summed E-state index contributed by atoms with van der Waals surface area (Å²) in [5.41, 5.74) is 1.38. The third kappa shape index (κ3) is 5.88. The number of anilines is 1. The minimum Gasteiger partial charge on any atom is -0.487 e. The van der Waals surface area contributed by atoms with Crippen LogP contribution in [0.15, 0.2) is 23.6 Å². The van der Waals surface area contributed by atoms with Gasteiger partial charge in [-0.3, -0.25) is 0 Å².